The van der Waals surface area contributed by atoms with Crippen LogP contribution in [0.15, 0.2) is 39.5 Å². The molecule has 0 aliphatic carbocycles. The number of nitrogens with one attached hydrogen (secondary N) is 2. The Morgan fingerprint density at radius 2 is 1.70 bits per heavy atom. The van der Waals surface area contributed by atoms with Crippen molar-refractivity contribution < 1.29 is 0 Å². The van der Waals surface area contributed by atoms with Gasteiger partial charge in [0.2, 0.25) is 0 Å². The number of aliphatic imine (C=N–C) groups is 1. The SMILES string of the molecule is C=C(C)NC(NSC(=C)S/C(=N\C)SC(C)(C)C(C)C)=C(C)C. The average Bonchev–Trinajstić information content (AvgIpc) is 2.41. The van der Waals surface area contributed by atoms with E-state index in [1.807, 2.05) is 14.0 Å². The molecule has 2 N–H and O–H groups in total. The molecule has 0 bridgehead atoms. The standard InChI is InChI=1S/C17H31N3S3/c1-11(2)15(19-13(5)6)20-23-14(7)21-16(18-10)22-17(8,9)12(3)4/h12,19-20H,5,7H2,1-4,6,8-10H3/b18-16+. The third-order valence-electron chi connectivity index (χ3n) is 3.23. The second kappa shape index (κ2) is 10.4. The molecule has 0 aromatic carbocycles. The van der Waals surface area contributed by atoms with Crippen LogP contribution in [0.3, 0.4) is 0 Å². The predicted octanol–water partition coefficient (Wildman–Crippen LogP) is 5.96. The predicted molar refractivity (Wildman–Crippen MR) is 114 cm³/mol. The monoisotopic (exact) mass is 373 g/mol. The molecule has 0 rings (SSSR count). The lowest BCUT2D eigenvalue weighted by Gasteiger charge is -2.28. The van der Waals surface area contributed by atoms with Crippen LogP contribution in [0, 0.1) is 5.92 Å². The largest absolute Gasteiger partial charge is 0.346 e. The van der Waals surface area contributed by atoms with E-state index >= 15 is 0 Å². The highest BCUT2D eigenvalue weighted by atomic mass is 32.2. The lowest BCUT2D eigenvalue weighted by molar-refractivity contribution is 0.506. The number of nitrogens with zero attached hydrogens (tertiary/aromatic N) is 1. The third kappa shape index (κ3) is 9.42. The Morgan fingerprint density at radius 3 is 2.09 bits per heavy atom. The van der Waals surface area contributed by atoms with Gasteiger partial charge in [0.05, 0.1) is 4.24 Å². The van der Waals surface area contributed by atoms with Crippen molar-refractivity contribution in [2.75, 3.05) is 7.05 Å². The van der Waals surface area contributed by atoms with E-state index in [1.165, 1.54) is 11.9 Å². The Kier molecular flexibility index (Phi) is 10.2. The maximum absolute atomic E-state index is 4.41. The van der Waals surface area contributed by atoms with Gasteiger partial charge in [0, 0.05) is 17.5 Å². The quantitative estimate of drug-likeness (QED) is 0.312. The molecule has 132 valence electrons. The minimum absolute atomic E-state index is 0.146. The van der Waals surface area contributed by atoms with E-state index in [0.717, 1.165) is 25.7 Å². The molecule has 0 amide bonds. The lowest BCUT2D eigenvalue weighted by atomic mass is 10.00. The molecule has 0 heterocycles. The van der Waals surface area contributed by atoms with Gasteiger partial charge < -0.3 is 10.0 Å². The van der Waals surface area contributed by atoms with Gasteiger partial charge in [-0.2, -0.15) is 0 Å². The summed E-state index contributed by atoms with van der Waals surface area (Å²) in [6, 6.07) is 0. The smallest absolute Gasteiger partial charge is 0.130 e. The van der Waals surface area contributed by atoms with Gasteiger partial charge in [-0.05, 0) is 44.2 Å². The van der Waals surface area contributed by atoms with Crippen molar-refractivity contribution in [1.29, 1.82) is 0 Å². The van der Waals surface area contributed by atoms with Crippen LogP contribution in [0.1, 0.15) is 48.5 Å². The van der Waals surface area contributed by atoms with Gasteiger partial charge >= 0.3 is 0 Å². The van der Waals surface area contributed by atoms with Gasteiger partial charge in [-0.1, -0.05) is 64.4 Å². The van der Waals surface area contributed by atoms with Crippen molar-refractivity contribution in [3.05, 3.63) is 34.5 Å². The molecule has 23 heavy (non-hydrogen) atoms. The fourth-order valence-electron chi connectivity index (χ4n) is 1.15. The Morgan fingerprint density at radius 1 is 1.13 bits per heavy atom. The van der Waals surface area contributed by atoms with E-state index in [9.17, 15) is 0 Å². The van der Waals surface area contributed by atoms with Crippen LogP contribution in [0.2, 0.25) is 0 Å². The molecule has 0 aromatic heterocycles. The molecule has 6 heteroatoms. The maximum Gasteiger partial charge on any atom is 0.130 e. The summed E-state index contributed by atoms with van der Waals surface area (Å²) in [5.74, 6) is 1.52. The summed E-state index contributed by atoms with van der Waals surface area (Å²) in [5.41, 5.74) is 2.07. The van der Waals surface area contributed by atoms with Crippen LogP contribution in [0.25, 0.3) is 0 Å². The number of thioether (sulfide) groups is 2. The van der Waals surface area contributed by atoms with Crippen LogP contribution < -0.4 is 10.0 Å². The van der Waals surface area contributed by atoms with E-state index in [0.29, 0.717) is 5.92 Å². The Labute approximate surface area is 155 Å². The van der Waals surface area contributed by atoms with Crippen LogP contribution in [-0.4, -0.2) is 16.2 Å². The van der Waals surface area contributed by atoms with E-state index in [2.05, 4.69) is 69.7 Å². The van der Waals surface area contributed by atoms with E-state index in [4.69, 9.17) is 0 Å². The molecule has 0 saturated heterocycles. The number of allylic oxidation sites excluding steroid dienone is 2. The zero-order valence-electron chi connectivity index (χ0n) is 15.7. The van der Waals surface area contributed by atoms with E-state index < -0.39 is 0 Å². The zero-order valence-corrected chi connectivity index (χ0v) is 18.1. The molecule has 0 fully saturated rings. The first-order chi connectivity index (χ1) is 10.5. The Bertz CT molecular complexity index is 487. The fourth-order valence-corrected chi connectivity index (χ4v) is 4.48. The highest BCUT2D eigenvalue weighted by Gasteiger charge is 2.26. The number of hydrogen-bond donors (Lipinski definition) is 2. The summed E-state index contributed by atoms with van der Waals surface area (Å²) in [7, 11) is 1.83. The first-order valence-electron chi connectivity index (χ1n) is 7.55. The summed E-state index contributed by atoms with van der Waals surface area (Å²) in [6.45, 7) is 23.0. The third-order valence-corrected chi connectivity index (χ3v) is 6.70. The highest BCUT2D eigenvalue weighted by molar-refractivity contribution is 8.44. The summed E-state index contributed by atoms with van der Waals surface area (Å²) in [4.78, 5) is 4.41. The van der Waals surface area contributed by atoms with Gasteiger partial charge in [-0.25, -0.2) is 0 Å². The minimum atomic E-state index is 0.146. The normalized spacial score (nSPS) is 12.1. The van der Waals surface area contributed by atoms with Crippen LogP contribution >= 0.6 is 35.5 Å². The Hall–Kier alpha value is -0.460. The van der Waals surface area contributed by atoms with Crippen molar-refractivity contribution in [1.82, 2.24) is 10.0 Å². The molecule has 0 aromatic rings. The number of hydrogen-bond acceptors (Lipinski definition) is 6. The van der Waals surface area contributed by atoms with Gasteiger partial charge in [-0.15, -0.1) is 0 Å². The summed E-state index contributed by atoms with van der Waals surface area (Å²) >= 11 is 4.91. The summed E-state index contributed by atoms with van der Waals surface area (Å²) in [6.07, 6.45) is 0. The second-order valence-corrected chi connectivity index (χ2v) is 10.5. The first-order valence-corrected chi connectivity index (χ1v) is 10.00. The summed E-state index contributed by atoms with van der Waals surface area (Å²) in [5, 5.41) is 3.22. The van der Waals surface area contributed by atoms with Gasteiger partial charge in [0.25, 0.3) is 0 Å². The molecule has 0 aliphatic rings. The first kappa shape index (κ1) is 22.5. The molecule has 0 aliphatic heterocycles. The van der Waals surface area contributed by atoms with Gasteiger partial charge in [0.1, 0.15) is 10.2 Å². The van der Waals surface area contributed by atoms with Crippen molar-refractivity contribution in [2.45, 2.75) is 53.2 Å². The van der Waals surface area contributed by atoms with Crippen molar-refractivity contribution in [3.63, 3.8) is 0 Å². The minimum Gasteiger partial charge on any atom is -0.346 e. The van der Waals surface area contributed by atoms with Crippen molar-refractivity contribution >= 4 is 39.8 Å². The van der Waals surface area contributed by atoms with Crippen LogP contribution in [0.4, 0.5) is 0 Å². The van der Waals surface area contributed by atoms with Crippen molar-refractivity contribution in [3.8, 4) is 0 Å². The Balaban J connectivity index is 4.64. The van der Waals surface area contributed by atoms with Gasteiger partial charge in [-0.3, -0.25) is 4.99 Å². The zero-order chi connectivity index (χ0) is 18.2. The molecule has 0 unspecified atom stereocenters. The molecule has 3 nitrogen and oxygen atoms in total. The molecule has 0 radical (unpaired) electrons. The fraction of sp³-hybridized carbons (Fsp3) is 0.588. The average molecular weight is 374 g/mol. The maximum atomic E-state index is 4.41. The molecule has 0 atom stereocenters. The molecular weight excluding hydrogens is 342 g/mol. The summed E-state index contributed by atoms with van der Waals surface area (Å²) < 4.78 is 5.45. The van der Waals surface area contributed by atoms with Crippen LogP contribution in [-0.2, 0) is 0 Å². The molecule has 0 spiro atoms. The second-order valence-electron chi connectivity index (χ2n) is 6.31. The highest BCUT2D eigenvalue weighted by Crippen LogP contribution is 2.39. The number of rotatable bonds is 8. The lowest BCUT2D eigenvalue weighted by Crippen LogP contribution is -2.24. The van der Waals surface area contributed by atoms with E-state index in [1.54, 1.807) is 23.5 Å². The molecular formula is C17H31N3S3. The molecule has 0 saturated carbocycles. The van der Waals surface area contributed by atoms with Crippen molar-refractivity contribution in [2.24, 2.45) is 10.9 Å². The topological polar surface area (TPSA) is 36.4 Å². The van der Waals surface area contributed by atoms with Crippen LogP contribution in [0.5, 0.6) is 0 Å². The van der Waals surface area contributed by atoms with Gasteiger partial charge in [0.15, 0.2) is 0 Å². The van der Waals surface area contributed by atoms with E-state index in [-0.39, 0.29) is 4.75 Å².